The van der Waals surface area contributed by atoms with Crippen LogP contribution in [0.5, 0.6) is 0 Å². The molecule has 0 aromatic rings. The van der Waals surface area contributed by atoms with E-state index in [1.807, 2.05) is 0 Å². The van der Waals surface area contributed by atoms with Crippen LogP contribution in [-0.2, 0) is 4.79 Å². The molecule has 52 valence electrons. The van der Waals surface area contributed by atoms with E-state index in [2.05, 4.69) is 6.58 Å². The molecular formula is C5H6F2O2. The van der Waals surface area contributed by atoms with Crippen LogP contribution in [0.3, 0.4) is 0 Å². The summed E-state index contributed by atoms with van der Waals surface area (Å²) in [6.07, 6.45) is -0.863. The van der Waals surface area contributed by atoms with Crippen molar-refractivity contribution in [2.45, 2.75) is 12.3 Å². The molecule has 1 N–H and O–H groups in total. The molecule has 0 radical (unpaired) electrons. The molecule has 0 unspecified atom stereocenters. The van der Waals surface area contributed by atoms with Crippen LogP contribution < -0.4 is 0 Å². The van der Waals surface area contributed by atoms with Gasteiger partial charge in [-0.25, -0.2) is 8.78 Å². The second-order valence-corrected chi connectivity index (χ2v) is 1.54. The maximum Gasteiger partial charge on any atom is 0.309 e. The van der Waals surface area contributed by atoms with Gasteiger partial charge in [-0.05, 0) is 6.08 Å². The van der Waals surface area contributed by atoms with E-state index in [1.165, 1.54) is 0 Å². The molecule has 0 fully saturated rings. The predicted octanol–water partition coefficient (Wildman–Crippen LogP) is 1.28. The molecule has 0 bridgehead atoms. The van der Waals surface area contributed by atoms with Crippen molar-refractivity contribution in [1.29, 1.82) is 0 Å². The average Bonchev–Trinajstić information content (AvgIpc) is 1.63. The fourth-order valence-corrected chi connectivity index (χ4v) is 0.274. The van der Waals surface area contributed by atoms with Crippen LogP contribution in [0, 0.1) is 0 Å². The summed E-state index contributed by atoms with van der Waals surface area (Å²) >= 11 is 0. The van der Waals surface area contributed by atoms with E-state index in [0.29, 0.717) is 6.08 Å². The summed E-state index contributed by atoms with van der Waals surface area (Å²) in [6, 6.07) is 0. The van der Waals surface area contributed by atoms with Crippen molar-refractivity contribution in [1.82, 2.24) is 0 Å². The van der Waals surface area contributed by atoms with Crippen molar-refractivity contribution in [2.75, 3.05) is 0 Å². The van der Waals surface area contributed by atoms with Crippen LogP contribution in [0.4, 0.5) is 8.78 Å². The summed E-state index contributed by atoms with van der Waals surface area (Å²) in [7, 11) is 0. The number of hydrogen-bond acceptors (Lipinski definition) is 1. The summed E-state index contributed by atoms with van der Waals surface area (Å²) in [6.45, 7) is 2.77. The van der Waals surface area contributed by atoms with Crippen LogP contribution in [0.25, 0.3) is 0 Å². The molecule has 9 heavy (non-hydrogen) atoms. The normalized spacial score (nSPS) is 10.9. The van der Waals surface area contributed by atoms with E-state index in [-0.39, 0.29) is 0 Å². The molecule has 0 rings (SSSR count). The molecule has 0 aliphatic heterocycles. The van der Waals surface area contributed by atoms with E-state index < -0.39 is 18.3 Å². The van der Waals surface area contributed by atoms with Gasteiger partial charge in [-0.3, -0.25) is 4.79 Å². The first-order chi connectivity index (χ1) is 3.98. The van der Waals surface area contributed by atoms with Crippen molar-refractivity contribution < 1.29 is 18.7 Å². The molecule has 2 nitrogen and oxygen atoms in total. The third kappa shape index (κ3) is 3.64. The lowest BCUT2D eigenvalue weighted by Gasteiger charge is -2.05. The Labute approximate surface area is 50.8 Å². The molecule has 0 amide bonds. The molecule has 0 atom stereocenters. The summed E-state index contributed by atoms with van der Waals surface area (Å²) in [5.74, 6) is -4.80. The first-order valence-electron chi connectivity index (χ1n) is 2.21. The van der Waals surface area contributed by atoms with Gasteiger partial charge in [0.05, 0.1) is 0 Å². The summed E-state index contributed by atoms with van der Waals surface area (Å²) in [5, 5.41) is 7.85. The number of carboxylic acid groups (broad SMARTS) is 1. The molecule has 0 saturated heterocycles. The molecular weight excluding hydrogens is 130 g/mol. The van der Waals surface area contributed by atoms with Gasteiger partial charge in [0.25, 0.3) is 5.92 Å². The number of carboxylic acids is 1. The first-order valence-corrected chi connectivity index (χ1v) is 2.21. The van der Waals surface area contributed by atoms with Crippen LogP contribution >= 0.6 is 0 Å². The fourth-order valence-electron chi connectivity index (χ4n) is 0.274. The molecule has 0 spiro atoms. The molecule has 0 aliphatic rings. The second-order valence-electron chi connectivity index (χ2n) is 1.54. The van der Waals surface area contributed by atoms with E-state index in [1.54, 1.807) is 0 Å². The van der Waals surface area contributed by atoms with Gasteiger partial charge in [0.1, 0.15) is 6.42 Å². The smallest absolute Gasteiger partial charge is 0.309 e. The molecule has 0 heterocycles. The van der Waals surface area contributed by atoms with Crippen LogP contribution in [-0.4, -0.2) is 17.0 Å². The van der Waals surface area contributed by atoms with Crippen molar-refractivity contribution in [3.63, 3.8) is 0 Å². The SMILES string of the molecule is C=CC(F)(F)CC(=O)O. The zero-order valence-electron chi connectivity index (χ0n) is 4.60. The minimum Gasteiger partial charge on any atom is -0.481 e. The number of hydrogen-bond donors (Lipinski definition) is 1. The topological polar surface area (TPSA) is 37.3 Å². The standard InChI is InChI=1S/C5H6F2O2/c1-2-5(6,7)3-4(8)9/h2H,1,3H2,(H,8,9). The fraction of sp³-hybridized carbons (Fsp3) is 0.400. The van der Waals surface area contributed by atoms with Crippen LogP contribution in [0.15, 0.2) is 12.7 Å². The highest BCUT2D eigenvalue weighted by Crippen LogP contribution is 2.18. The number of aliphatic carboxylic acids is 1. The highest BCUT2D eigenvalue weighted by molar-refractivity contribution is 5.68. The molecule has 0 aromatic carbocycles. The molecule has 0 aliphatic carbocycles. The number of allylic oxidation sites excluding steroid dienone is 1. The van der Waals surface area contributed by atoms with Crippen molar-refractivity contribution >= 4 is 5.97 Å². The summed E-state index contributed by atoms with van der Waals surface area (Å²) in [5.41, 5.74) is 0. The van der Waals surface area contributed by atoms with E-state index >= 15 is 0 Å². The van der Waals surface area contributed by atoms with Crippen molar-refractivity contribution in [2.24, 2.45) is 0 Å². The number of alkyl halides is 2. The Morgan fingerprint density at radius 1 is 1.78 bits per heavy atom. The lowest BCUT2D eigenvalue weighted by atomic mass is 10.2. The number of carbonyl (C=O) groups is 1. The van der Waals surface area contributed by atoms with Crippen molar-refractivity contribution in [3.05, 3.63) is 12.7 Å². The third-order valence-electron chi connectivity index (χ3n) is 0.686. The van der Waals surface area contributed by atoms with Gasteiger partial charge in [0.15, 0.2) is 0 Å². The van der Waals surface area contributed by atoms with Gasteiger partial charge in [-0.2, -0.15) is 0 Å². The largest absolute Gasteiger partial charge is 0.481 e. The minimum absolute atomic E-state index is 0.321. The van der Waals surface area contributed by atoms with Crippen LogP contribution in [0.1, 0.15) is 6.42 Å². The lowest BCUT2D eigenvalue weighted by molar-refractivity contribution is -0.142. The van der Waals surface area contributed by atoms with Gasteiger partial charge in [0.2, 0.25) is 0 Å². The molecule has 0 saturated carbocycles. The number of halogens is 2. The van der Waals surface area contributed by atoms with Gasteiger partial charge in [-0.1, -0.05) is 6.58 Å². The molecule has 0 aromatic heterocycles. The Balaban J connectivity index is 3.86. The minimum atomic E-state index is -3.27. The van der Waals surface area contributed by atoms with Gasteiger partial charge in [-0.15, -0.1) is 0 Å². The monoisotopic (exact) mass is 136 g/mol. The maximum absolute atomic E-state index is 11.9. The average molecular weight is 136 g/mol. The number of rotatable bonds is 3. The predicted molar refractivity (Wildman–Crippen MR) is 27.4 cm³/mol. The Morgan fingerprint density at radius 3 is 2.33 bits per heavy atom. The highest BCUT2D eigenvalue weighted by Gasteiger charge is 2.27. The highest BCUT2D eigenvalue weighted by atomic mass is 19.3. The Bertz CT molecular complexity index is 131. The van der Waals surface area contributed by atoms with Crippen LogP contribution in [0.2, 0.25) is 0 Å². The first kappa shape index (κ1) is 8.07. The molecule has 4 heteroatoms. The maximum atomic E-state index is 11.9. The van der Waals surface area contributed by atoms with E-state index in [4.69, 9.17) is 5.11 Å². The summed E-state index contributed by atoms with van der Waals surface area (Å²) in [4.78, 5) is 9.65. The zero-order valence-corrected chi connectivity index (χ0v) is 4.60. The quantitative estimate of drug-likeness (QED) is 0.593. The lowest BCUT2D eigenvalue weighted by Crippen LogP contribution is -2.16. The summed E-state index contributed by atoms with van der Waals surface area (Å²) < 4.78 is 23.8. The van der Waals surface area contributed by atoms with Gasteiger partial charge < -0.3 is 5.11 Å². The Morgan fingerprint density at radius 2 is 2.22 bits per heavy atom. The Hall–Kier alpha value is -0.930. The van der Waals surface area contributed by atoms with Gasteiger partial charge >= 0.3 is 5.97 Å². The second kappa shape index (κ2) is 2.57. The van der Waals surface area contributed by atoms with Gasteiger partial charge in [0, 0.05) is 0 Å². The van der Waals surface area contributed by atoms with E-state index in [9.17, 15) is 13.6 Å². The zero-order chi connectivity index (χ0) is 7.49. The third-order valence-corrected chi connectivity index (χ3v) is 0.686. The van der Waals surface area contributed by atoms with Crippen molar-refractivity contribution in [3.8, 4) is 0 Å². The van der Waals surface area contributed by atoms with E-state index in [0.717, 1.165) is 0 Å². The Kier molecular flexibility index (Phi) is 2.30.